The highest BCUT2D eigenvalue weighted by Gasteiger charge is 2.63. The number of fused-ring (bicyclic) bond motifs is 17. The van der Waals surface area contributed by atoms with Crippen molar-refractivity contribution in [3.05, 3.63) is 182 Å². The molecule has 82 heavy (non-hydrogen) atoms. The quantitative estimate of drug-likeness (QED) is 0.152. The van der Waals surface area contributed by atoms with Gasteiger partial charge in [-0.15, -0.1) is 0 Å². The maximum Gasteiger partial charge on any atom is 0.252 e. The molecule has 3 nitrogen and oxygen atoms in total. The number of benzene rings is 7. The fourth-order valence-corrected chi connectivity index (χ4v) is 19.0. The van der Waals surface area contributed by atoms with E-state index in [4.69, 9.17) is 0 Å². The van der Waals surface area contributed by atoms with Crippen molar-refractivity contribution in [2.24, 2.45) is 5.92 Å². The molecule has 4 unspecified atom stereocenters. The molecule has 4 atom stereocenters. The number of hydrogen-bond donors (Lipinski definition) is 0. The highest BCUT2D eigenvalue weighted by atomic mass is 15.3. The molecule has 1 saturated carbocycles. The summed E-state index contributed by atoms with van der Waals surface area (Å²) < 4.78 is 0. The van der Waals surface area contributed by atoms with Gasteiger partial charge in [0.15, 0.2) is 0 Å². The van der Waals surface area contributed by atoms with E-state index in [0.29, 0.717) is 5.92 Å². The van der Waals surface area contributed by atoms with Crippen LogP contribution in [0, 0.1) is 26.7 Å². The normalized spacial score (nSPS) is 26.3. The Morgan fingerprint density at radius 3 is 1.56 bits per heavy atom. The Hall–Kier alpha value is -6.00. The first-order valence-corrected chi connectivity index (χ1v) is 31.8. The maximum atomic E-state index is 2.89. The van der Waals surface area contributed by atoms with Crippen LogP contribution in [0.4, 0.5) is 45.5 Å². The Bertz CT molecular complexity index is 4000. The van der Waals surface area contributed by atoms with Crippen molar-refractivity contribution in [3.63, 3.8) is 0 Å². The van der Waals surface area contributed by atoms with Gasteiger partial charge in [0, 0.05) is 61.7 Å². The van der Waals surface area contributed by atoms with Gasteiger partial charge in [0.25, 0.3) is 6.71 Å². The molecule has 15 rings (SSSR count). The van der Waals surface area contributed by atoms with E-state index in [-0.39, 0.29) is 55.6 Å². The van der Waals surface area contributed by atoms with E-state index in [9.17, 15) is 0 Å². The Morgan fingerprint density at radius 1 is 0.439 bits per heavy atom. The van der Waals surface area contributed by atoms with Crippen molar-refractivity contribution in [2.75, 3.05) is 14.7 Å². The monoisotopic (exact) mass is 1080 g/mol. The van der Waals surface area contributed by atoms with Gasteiger partial charge >= 0.3 is 0 Å². The molecule has 8 aliphatic rings. The summed E-state index contributed by atoms with van der Waals surface area (Å²) in [5.41, 5.74) is 33.5. The van der Waals surface area contributed by atoms with E-state index in [0.717, 1.165) is 19.3 Å². The highest BCUT2D eigenvalue weighted by Crippen LogP contribution is 2.67. The van der Waals surface area contributed by atoms with Gasteiger partial charge in [0.2, 0.25) is 0 Å². The third-order valence-electron chi connectivity index (χ3n) is 24.6. The molecule has 0 saturated heterocycles. The Kier molecular flexibility index (Phi) is 10.3. The second kappa shape index (κ2) is 16.0. The van der Waals surface area contributed by atoms with E-state index in [1.165, 1.54) is 160 Å². The van der Waals surface area contributed by atoms with E-state index in [1.54, 1.807) is 0 Å². The lowest BCUT2D eigenvalue weighted by Gasteiger charge is -2.58. The van der Waals surface area contributed by atoms with Gasteiger partial charge in [0.1, 0.15) is 0 Å². The van der Waals surface area contributed by atoms with Gasteiger partial charge in [-0.25, -0.2) is 0 Å². The fourth-order valence-electron chi connectivity index (χ4n) is 19.0. The number of hydrogen-bond acceptors (Lipinski definition) is 3. The number of rotatable bonds is 1. The van der Waals surface area contributed by atoms with E-state index in [1.807, 2.05) is 0 Å². The SMILES string of the molecule is Cc1cc2c3c(c1)N(c1cc4c(cc1C)C(C)(C)CCC4(C)C)c1cc4c(cc1B3c1ccc3cc1N2c1cc2c(cc1C)C(C)(C)c1ccccc1C2(C)C1CCC2(C)c5cc(C(C)(C)C)ccc5N3C2(C)C1)C(C)(C)CCC4(C)C. The predicted molar refractivity (Wildman–Crippen MR) is 351 cm³/mol. The van der Waals surface area contributed by atoms with E-state index in [2.05, 4.69) is 255 Å². The van der Waals surface area contributed by atoms with Crippen molar-refractivity contribution in [1.29, 1.82) is 0 Å². The van der Waals surface area contributed by atoms with Crippen LogP contribution in [-0.2, 0) is 43.3 Å². The number of aryl methyl sites for hydroxylation is 3. The Labute approximate surface area is 493 Å². The summed E-state index contributed by atoms with van der Waals surface area (Å²) in [4.78, 5) is 8.47. The van der Waals surface area contributed by atoms with Crippen LogP contribution in [0.1, 0.15) is 228 Å². The lowest BCUT2D eigenvalue weighted by molar-refractivity contribution is 0.109. The van der Waals surface area contributed by atoms with Gasteiger partial charge in [-0.05, 0) is 243 Å². The van der Waals surface area contributed by atoms with Crippen molar-refractivity contribution in [1.82, 2.24) is 0 Å². The molecule has 0 N–H and O–H groups in total. The zero-order chi connectivity index (χ0) is 57.9. The van der Waals surface area contributed by atoms with Gasteiger partial charge < -0.3 is 14.7 Å². The second-order valence-electron chi connectivity index (χ2n) is 32.7. The molecule has 7 aromatic rings. The van der Waals surface area contributed by atoms with E-state index >= 15 is 0 Å². The molecule has 0 amide bonds. The van der Waals surface area contributed by atoms with Crippen LogP contribution in [0.5, 0.6) is 0 Å². The molecular formula is C78H90BN3. The summed E-state index contributed by atoms with van der Waals surface area (Å²) >= 11 is 0. The van der Waals surface area contributed by atoms with Crippen LogP contribution >= 0.6 is 0 Å². The van der Waals surface area contributed by atoms with Crippen molar-refractivity contribution in [3.8, 4) is 0 Å². The molecule has 0 spiro atoms. The largest absolute Gasteiger partial charge is 0.334 e. The lowest BCUT2D eigenvalue weighted by atomic mass is 9.33. The average molecular weight is 1080 g/mol. The first-order valence-electron chi connectivity index (χ1n) is 31.8. The molecule has 1 fully saturated rings. The van der Waals surface area contributed by atoms with Crippen LogP contribution in [0.3, 0.4) is 0 Å². The summed E-state index contributed by atoms with van der Waals surface area (Å²) in [5.74, 6) is 0.396. The zero-order valence-corrected chi connectivity index (χ0v) is 53.3. The zero-order valence-electron chi connectivity index (χ0n) is 53.3. The molecule has 4 heteroatoms. The third-order valence-corrected chi connectivity index (χ3v) is 24.6. The molecule has 0 radical (unpaired) electrons. The van der Waals surface area contributed by atoms with Gasteiger partial charge in [-0.2, -0.15) is 0 Å². The summed E-state index contributed by atoms with van der Waals surface area (Å²) in [6.07, 6.45) is 8.12. The summed E-state index contributed by atoms with van der Waals surface area (Å²) in [6.45, 7) is 47.5. The standard InChI is InChI=1S/C78H90BN3/c1-45-34-67-69-68(35-45)81(63-41-55-53(36-46(63)2)71(7,8)30-32-73(55,11)12)66-42-56-54(72(9,10)31-33-74(56,13)14)40-61(66)79(69)60-26-25-50-39-65(60)80(67)64-43-58-57(37-47(64)3)75(15,16)51-22-20-21-23-52(51)78(58,19)49-28-29-76(17)59-38-48(70(4,5)6)24-27-62(59)82(50)77(76,18)44-49/h20-27,34-43,49H,28-33,44H2,1-19H3. The van der Waals surface area contributed by atoms with Gasteiger partial charge in [0.05, 0.1) is 5.54 Å². The maximum absolute atomic E-state index is 2.89. The van der Waals surface area contributed by atoms with Crippen LogP contribution in [-0.4, -0.2) is 12.3 Å². The highest BCUT2D eigenvalue weighted by molar-refractivity contribution is 7.00. The average Bonchev–Trinajstić information content (AvgIpc) is 1.59. The van der Waals surface area contributed by atoms with Crippen LogP contribution in [0.25, 0.3) is 0 Å². The van der Waals surface area contributed by atoms with Crippen molar-refractivity contribution in [2.45, 2.75) is 225 Å². The minimum atomic E-state index is -0.243. The van der Waals surface area contributed by atoms with Crippen LogP contribution in [0.2, 0.25) is 0 Å². The molecule has 4 aliphatic heterocycles. The number of nitrogens with zero attached hydrogens (tertiary/aromatic N) is 3. The van der Waals surface area contributed by atoms with Crippen LogP contribution < -0.4 is 31.1 Å². The molecule has 0 aromatic heterocycles. The summed E-state index contributed by atoms with van der Waals surface area (Å²) in [5, 5.41) is 0. The minimum Gasteiger partial charge on any atom is -0.334 e. The Morgan fingerprint density at radius 2 is 0.963 bits per heavy atom. The fraction of sp³-hybridized carbons (Fsp3) is 0.462. The Balaban J connectivity index is 1.08. The minimum absolute atomic E-state index is 0.0126. The smallest absolute Gasteiger partial charge is 0.252 e. The van der Waals surface area contributed by atoms with Crippen molar-refractivity contribution < 1.29 is 0 Å². The first kappa shape index (κ1) is 52.8. The molecular weight excluding hydrogens is 990 g/mol. The molecule has 7 aromatic carbocycles. The summed E-state index contributed by atoms with van der Waals surface area (Å²) in [6, 6.07) is 46.4. The molecule has 420 valence electrons. The molecule has 6 bridgehead atoms. The second-order valence-corrected chi connectivity index (χ2v) is 32.7. The number of anilines is 8. The first-order chi connectivity index (χ1) is 38.3. The predicted octanol–water partition coefficient (Wildman–Crippen LogP) is 18.6. The summed E-state index contributed by atoms with van der Waals surface area (Å²) in [7, 11) is 0. The molecule has 4 heterocycles. The topological polar surface area (TPSA) is 9.72 Å². The third kappa shape index (κ3) is 6.57. The van der Waals surface area contributed by atoms with Gasteiger partial charge in [-0.1, -0.05) is 165 Å². The molecule has 4 aliphatic carbocycles. The van der Waals surface area contributed by atoms with Gasteiger partial charge in [-0.3, -0.25) is 0 Å². The lowest BCUT2D eigenvalue weighted by Crippen LogP contribution is -2.62. The van der Waals surface area contributed by atoms with Crippen LogP contribution in [0.15, 0.2) is 109 Å². The van der Waals surface area contributed by atoms with Crippen molar-refractivity contribution >= 4 is 68.6 Å². The van der Waals surface area contributed by atoms with E-state index < -0.39 is 0 Å².